The van der Waals surface area contributed by atoms with Crippen molar-refractivity contribution in [3.63, 3.8) is 0 Å². The number of hydrogen-bond acceptors (Lipinski definition) is 5. The van der Waals surface area contributed by atoms with E-state index in [-0.39, 0.29) is 5.54 Å². The van der Waals surface area contributed by atoms with Gasteiger partial charge in [0, 0.05) is 17.6 Å². The van der Waals surface area contributed by atoms with Gasteiger partial charge in [0.2, 0.25) is 0 Å². The van der Waals surface area contributed by atoms with Gasteiger partial charge in [0.05, 0.1) is 6.54 Å². The minimum Gasteiger partial charge on any atom is -0.370 e. The van der Waals surface area contributed by atoms with Crippen LogP contribution < -0.4 is 5.73 Å². The maximum absolute atomic E-state index is 6.09. The molecule has 92 valence electrons. The number of thiazole rings is 1. The molecule has 1 atom stereocenters. The van der Waals surface area contributed by atoms with Gasteiger partial charge in [-0.25, -0.2) is 4.98 Å². The van der Waals surface area contributed by atoms with E-state index in [4.69, 9.17) is 5.73 Å². The second-order valence-corrected chi connectivity index (χ2v) is 5.99. The van der Waals surface area contributed by atoms with Crippen molar-refractivity contribution >= 4 is 17.3 Å². The lowest BCUT2D eigenvalue weighted by atomic mass is 9.99. The second kappa shape index (κ2) is 3.98. The quantitative estimate of drug-likeness (QED) is 0.872. The zero-order valence-corrected chi connectivity index (χ0v) is 10.9. The highest BCUT2D eigenvalue weighted by molar-refractivity contribution is 7.09. The maximum Gasteiger partial charge on any atom is 0.192 e. The third-order valence-corrected chi connectivity index (χ3v) is 4.94. The molecule has 1 aromatic rings. The molecule has 0 saturated heterocycles. The first kappa shape index (κ1) is 11.0. The SMILES string of the molecule is CC1(c2nccs2)CN=C(N)N1C1CCCC1. The summed E-state index contributed by atoms with van der Waals surface area (Å²) in [7, 11) is 0. The summed E-state index contributed by atoms with van der Waals surface area (Å²) in [5.41, 5.74) is 5.98. The molecule has 2 heterocycles. The molecule has 0 radical (unpaired) electrons. The maximum atomic E-state index is 6.09. The fourth-order valence-corrected chi connectivity index (χ4v) is 3.84. The summed E-state index contributed by atoms with van der Waals surface area (Å²) in [6, 6.07) is 0.551. The summed E-state index contributed by atoms with van der Waals surface area (Å²) in [4.78, 5) is 11.3. The van der Waals surface area contributed by atoms with Crippen molar-refractivity contribution in [3.8, 4) is 0 Å². The van der Waals surface area contributed by atoms with Crippen molar-refractivity contribution in [2.45, 2.75) is 44.2 Å². The Morgan fingerprint density at radius 3 is 2.88 bits per heavy atom. The van der Waals surface area contributed by atoms with Crippen LogP contribution in [0.1, 0.15) is 37.6 Å². The first-order valence-electron chi connectivity index (χ1n) is 6.21. The van der Waals surface area contributed by atoms with Crippen LogP contribution in [-0.2, 0) is 5.54 Å². The predicted octanol–water partition coefficient (Wildman–Crippen LogP) is 1.93. The molecule has 1 aliphatic heterocycles. The Morgan fingerprint density at radius 1 is 1.47 bits per heavy atom. The first-order chi connectivity index (χ1) is 8.22. The van der Waals surface area contributed by atoms with Crippen LogP contribution in [-0.4, -0.2) is 28.4 Å². The lowest BCUT2D eigenvalue weighted by Crippen LogP contribution is -2.52. The number of nitrogens with zero attached hydrogens (tertiary/aromatic N) is 3. The van der Waals surface area contributed by atoms with Gasteiger partial charge in [-0.2, -0.15) is 0 Å². The van der Waals surface area contributed by atoms with Crippen LogP contribution in [0.15, 0.2) is 16.6 Å². The topological polar surface area (TPSA) is 54.5 Å². The minimum atomic E-state index is -0.118. The molecule has 2 aliphatic rings. The highest BCUT2D eigenvalue weighted by Gasteiger charge is 2.45. The highest BCUT2D eigenvalue weighted by Crippen LogP contribution is 2.39. The van der Waals surface area contributed by atoms with E-state index in [0.717, 1.165) is 11.6 Å². The summed E-state index contributed by atoms with van der Waals surface area (Å²) in [6.45, 7) is 2.95. The normalized spacial score (nSPS) is 29.9. The summed E-state index contributed by atoms with van der Waals surface area (Å²) in [5.74, 6) is 0.703. The second-order valence-electron chi connectivity index (χ2n) is 5.09. The number of hydrogen-bond donors (Lipinski definition) is 1. The average molecular weight is 250 g/mol. The van der Waals surface area contributed by atoms with Crippen molar-refractivity contribution in [2.75, 3.05) is 6.54 Å². The summed E-state index contributed by atoms with van der Waals surface area (Å²) >= 11 is 1.70. The fraction of sp³-hybridized carbons (Fsp3) is 0.667. The molecule has 1 aromatic heterocycles. The Labute approximate surface area is 106 Å². The molecule has 3 rings (SSSR count). The van der Waals surface area contributed by atoms with Crippen LogP contribution in [0.2, 0.25) is 0 Å². The number of aliphatic imine (C=N–C) groups is 1. The summed E-state index contributed by atoms with van der Waals surface area (Å²) in [5, 5.41) is 3.16. The van der Waals surface area contributed by atoms with E-state index in [0.29, 0.717) is 12.0 Å². The van der Waals surface area contributed by atoms with E-state index in [1.54, 1.807) is 11.3 Å². The summed E-state index contributed by atoms with van der Waals surface area (Å²) in [6.07, 6.45) is 6.95. The number of aromatic nitrogens is 1. The Kier molecular flexibility index (Phi) is 2.58. The van der Waals surface area contributed by atoms with Gasteiger partial charge in [-0.05, 0) is 19.8 Å². The first-order valence-corrected chi connectivity index (χ1v) is 7.09. The predicted molar refractivity (Wildman–Crippen MR) is 70.1 cm³/mol. The summed E-state index contributed by atoms with van der Waals surface area (Å²) < 4.78 is 0. The van der Waals surface area contributed by atoms with Crippen LogP contribution in [0.3, 0.4) is 0 Å². The van der Waals surface area contributed by atoms with Gasteiger partial charge in [0.25, 0.3) is 0 Å². The van der Waals surface area contributed by atoms with E-state index >= 15 is 0 Å². The standard InChI is InChI=1S/C12H18N4S/c1-12(10-14-6-7-17-10)8-15-11(13)16(12)9-4-2-3-5-9/h6-7,9H,2-5,8H2,1H3,(H2,13,15). The lowest BCUT2D eigenvalue weighted by molar-refractivity contribution is 0.166. The molecule has 5 heteroatoms. The largest absolute Gasteiger partial charge is 0.370 e. The van der Waals surface area contributed by atoms with Crippen molar-refractivity contribution < 1.29 is 0 Å². The number of guanidine groups is 1. The smallest absolute Gasteiger partial charge is 0.192 e. The molecule has 0 bridgehead atoms. The number of nitrogens with two attached hydrogens (primary N) is 1. The van der Waals surface area contributed by atoms with Gasteiger partial charge in [-0.1, -0.05) is 12.8 Å². The molecular weight excluding hydrogens is 232 g/mol. The molecule has 1 fully saturated rings. The molecule has 2 N–H and O–H groups in total. The fourth-order valence-electron chi connectivity index (χ4n) is 3.05. The molecular formula is C12H18N4S. The Hall–Kier alpha value is -1.10. The van der Waals surface area contributed by atoms with Crippen LogP contribution in [0.5, 0.6) is 0 Å². The minimum absolute atomic E-state index is 0.118. The molecule has 1 aliphatic carbocycles. The van der Waals surface area contributed by atoms with Crippen molar-refractivity contribution in [1.82, 2.24) is 9.88 Å². The molecule has 4 nitrogen and oxygen atoms in total. The van der Waals surface area contributed by atoms with Crippen LogP contribution in [0, 0.1) is 0 Å². The van der Waals surface area contributed by atoms with Crippen molar-refractivity contribution in [3.05, 3.63) is 16.6 Å². The zero-order chi connectivity index (χ0) is 11.9. The van der Waals surface area contributed by atoms with E-state index in [1.165, 1.54) is 25.7 Å². The van der Waals surface area contributed by atoms with Gasteiger partial charge in [0.1, 0.15) is 10.5 Å². The van der Waals surface area contributed by atoms with Gasteiger partial charge in [-0.15, -0.1) is 11.3 Å². The molecule has 0 aromatic carbocycles. The molecule has 17 heavy (non-hydrogen) atoms. The zero-order valence-electron chi connectivity index (χ0n) is 10.1. The van der Waals surface area contributed by atoms with Crippen LogP contribution in [0.25, 0.3) is 0 Å². The molecule has 1 unspecified atom stereocenters. The Morgan fingerprint density at radius 2 is 2.24 bits per heavy atom. The number of rotatable bonds is 2. The van der Waals surface area contributed by atoms with E-state index in [2.05, 4.69) is 21.8 Å². The molecule has 0 amide bonds. The van der Waals surface area contributed by atoms with Gasteiger partial charge in [0.15, 0.2) is 5.96 Å². The monoisotopic (exact) mass is 250 g/mol. The lowest BCUT2D eigenvalue weighted by Gasteiger charge is -2.39. The van der Waals surface area contributed by atoms with E-state index in [1.807, 2.05) is 11.6 Å². The Balaban J connectivity index is 1.94. The van der Waals surface area contributed by atoms with Gasteiger partial charge < -0.3 is 10.6 Å². The average Bonchev–Trinajstić information content (AvgIpc) is 2.99. The van der Waals surface area contributed by atoms with E-state index in [9.17, 15) is 0 Å². The molecule has 1 saturated carbocycles. The third kappa shape index (κ3) is 1.64. The van der Waals surface area contributed by atoms with E-state index < -0.39 is 0 Å². The Bertz CT molecular complexity index is 422. The van der Waals surface area contributed by atoms with Gasteiger partial charge in [-0.3, -0.25) is 4.99 Å². The van der Waals surface area contributed by atoms with Crippen molar-refractivity contribution in [2.24, 2.45) is 10.7 Å². The van der Waals surface area contributed by atoms with Crippen LogP contribution in [0.4, 0.5) is 0 Å². The highest BCUT2D eigenvalue weighted by atomic mass is 32.1. The van der Waals surface area contributed by atoms with Crippen molar-refractivity contribution in [1.29, 1.82) is 0 Å². The van der Waals surface area contributed by atoms with Gasteiger partial charge >= 0.3 is 0 Å². The molecule has 0 spiro atoms. The van der Waals surface area contributed by atoms with Crippen LogP contribution >= 0.6 is 11.3 Å². The third-order valence-electron chi connectivity index (χ3n) is 3.91.